The second-order valence-corrected chi connectivity index (χ2v) is 16.5. The molecule has 8 nitrogen and oxygen atoms in total. The summed E-state index contributed by atoms with van der Waals surface area (Å²) in [6, 6.07) is 40.2. The molecule has 0 aliphatic rings. The molecule has 0 aliphatic carbocycles. The number of unbranched alkanes of at least 4 members (excludes halogenated alkanes) is 1. The van der Waals surface area contributed by atoms with Crippen molar-refractivity contribution in [2.75, 3.05) is 0 Å². The first kappa shape index (κ1) is 37.0. The minimum absolute atomic E-state index is 0.122. The molecule has 51 heavy (non-hydrogen) atoms. The van der Waals surface area contributed by atoms with Gasteiger partial charge in [0.05, 0.1) is 12.5 Å². The zero-order valence-corrected chi connectivity index (χ0v) is 30.6. The maximum Gasteiger partial charge on any atom is 0.408 e. The lowest BCUT2D eigenvalue weighted by Gasteiger charge is -2.33. The van der Waals surface area contributed by atoms with E-state index in [1.807, 2.05) is 149 Å². The van der Waals surface area contributed by atoms with Gasteiger partial charge in [-0.15, -0.1) is 10.2 Å². The standard InChI is InChI=1S/C42H45N4O4P/c1-5-7-28-35(44-41(48)49-37(42(3,4)6-2)29-38-45-46-40(50-38)31-20-12-8-13-21-31)39(47)36(30-43)51(32-22-14-9-15-23-32,33-24-16-10-17-25-33)34-26-18-11-19-27-34/h8-27,35,37H,5-7,28-29H2,1-4H3,(H,44,48)/t35-,37-/m0/s1. The van der Waals surface area contributed by atoms with Crippen LogP contribution in [0.25, 0.3) is 11.5 Å². The van der Waals surface area contributed by atoms with E-state index in [1.165, 1.54) is 0 Å². The molecule has 1 amide bonds. The molecule has 1 heterocycles. The van der Waals surface area contributed by atoms with E-state index in [2.05, 4.69) is 21.6 Å². The van der Waals surface area contributed by atoms with E-state index in [4.69, 9.17) is 9.15 Å². The van der Waals surface area contributed by atoms with Crippen molar-refractivity contribution in [3.05, 3.63) is 127 Å². The van der Waals surface area contributed by atoms with E-state index in [0.29, 0.717) is 31.0 Å². The molecule has 1 aromatic heterocycles. The summed E-state index contributed by atoms with van der Waals surface area (Å²) in [6.07, 6.45) is 1.33. The predicted octanol–water partition coefficient (Wildman–Crippen LogP) is 7.63. The van der Waals surface area contributed by atoms with E-state index in [9.17, 15) is 14.9 Å². The third kappa shape index (κ3) is 8.39. The molecular weight excluding hydrogens is 655 g/mol. The van der Waals surface area contributed by atoms with Crippen LogP contribution in [0.2, 0.25) is 0 Å². The highest BCUT2D eigenvalue weighted by Crippen LogP contribution is 2.46. The van der Waals surface area contributed by atoms with Crippen molar-refractivity contribution < 1.29 is 18.7 Å². The molecule has 4 aromatic carbocycles. The second-order valence-electron chi connectivity index (χ2n) is 13.1. The number of hydrogen-bond acceptors (Lipinski definition) is 7. The average molecular weight is 701 g/mol. The van der Waals surface area contributed by atoms with Crippen molar-refractivity contribution in [1.82, 2.24) is 15.5 Å². The Kier molecular flexibility index (Phi) is 12.4. The highest BCUT2D eigenvalue weighted by molar-refractivity contribution is 7.97. The number of ether oxygens (including phenoxy) is 1. The summed E-state index contributed by atoms with van der Waals surface area (Å²) >= 11 is 0. The van der Waals surface area contributed by atoms with E-state index in [1.54, 1.807) is 0 Å². The van der Waals surface area contributed by atoms with Gasteiger partial charge in [0.25, 0.3) is 0 Å². The molecule has 0 aliphatic heterocycles. The Hall–Kier alpha value is -5.25. The topological polar surface area (TPSA) is 118 Å². The normalized spacial score (nSPS) is 12.7. The van der Waals surface area contributed by atoms with Gasteiger partial charge < -0.3 is 14.5 Å². The maximum absolute atomic E-state index is 14.9. The average Bonchev–Trinajstić information content (AvgIpc) is 3.65. The number of ketones is 1. The van der Waals surface area contributed by atoms with E-state index < -0.39 is 36.3 Å². The molecule has 5 rings (SSSR count). The van der Waals surface area contributed by atoms with Crippen LogP contribution in [-0.4, -0.2) is 39.5 Å². The lowest BCUT2D eigenvalue weighted by atomic mass is 9.82. The number of nitrogens with one attached hydrogen (secondary N) is 1. The summed E-state index contributed by atoms with van der Waals surface area (Å²) < 4.78 is 12.1. The lowest BCUT2D eigenvalue weighted by molar-refractivity contribution is -0.114. The van der Waals surface area contributed by atoms with Crippen molar-refractivity contribution in [2.24, 2.45) is 5.41 Å². The molecular formula is C42H45N4O4P. The molecule has 0 saturated carbocycles. The number of nitrogens with zero attached hydrogens (tertiary/aromatic N) is 3. The van der Waals surface area contributed by atoms with E-state index in [0.717, 1.165) is 27.9 Å². The number of nitriles is 1. The number of hydrogen-bond donors (Lipinski definition) is 1. The van der Waals surface area contributed by atoms with Gasteiger partial charge in [0.1, 0.15) is 17.5 Å². The number of aromatic nitrogens is 2. The van der Waals surface area contributed by atoms with Crippen molar-refractivity contribution >= 4 is 40.0 Å². The summed E-state index contributed by atoms with van der Waals surface area (Å²) in [6.45, 7) is 5.09. The van der Waals surface area contributed by atoms with Gasteiger partial charge in [-0.25, -0.2) is 4.79 Å². The van der Waals surface area contributed by atoms with Crippen molar-refractivity contribution in [2.45, 2.75) is 71.9 Å². The first-order chi connectivity index (χ1) is 24.7. The minimum Gasteiger partial charge on any atom is -0.445 e. The van der Waals surface area contributed by atoms with Gasteiger partial charge in [-0.2, -0.15) is 5.26 Å². The van der Waals surface area contributed by atoms with Crippen LogP contribution in [0.3, 0.4) is 0 Å². The van der Waals surface area contributed by atoms with Crippen LogP contribution in [0.5, 0.6) is 0 Å². The van der Waals surface area contributed by atoms with Crippen LogP contribution < -0.4 is 21.2 Å². The van der Waals surface area contributed by atoms with Gasteiger partial charge in [-0.1, -0.05) is 150 Å². The molecule has 2 atom stereocenters. The Bertz CT molecular complexity index is 1880. The number of benzene rings is 4. The first-order valence-electron chi connectivity index (χ1n) is 17.5. The van der Waals surface area contributed by atoms with Crippen molar-refractivity contribution in [1.29, 1.82) is 5.26 Å². The van der Waals surface area contributed by atoms with Crippen LogP contribution in [0, 0.1) is 16.7 Å². The summed E-state index contributed by atoms with van der Waals surface area (Å²) in [7, 11) is 0. The molecule has 0 bridgehead atoms. The molecule has 0 spiro atoms. The minimum atomic E-state index is -2.99. The SMILES string of the molecule is CCCC[C@H](NC(=O)O[C@@H](Cc1nnc(-c2ccccc2)o1)C(C)(C)CC)C(=O)C(C#N)=P(c1ccccc1)(c1ccccc1)c1ccccc1. The van der Waals surface area contributed by atoms with E-state index in [-0.39, 0.29) is 11.7 Å². The number of amides is 1. The molecule has 5 aromatic rings. The first-order valence-corrected chi connectivity index (χ1v) is 19.3. The zero-order valence-electron chi connectivity index (χ0n) is 29.7. The number of Topliss-reactive ketones (excluding diaryl/α,β-unsaturated/α-hetero) is 1. The van der Waals surface area contributed by atoms with Crippen LogP contribution >= 0.6 is 6.89 Å². The Labute approximate surface area is 300 Å². The van der Waals surface area contributed by atoms with Crippen LogP contribution in [0.1, 0.15) is 59.3 Å². The van der Waals surface area contributed by atoms with Gasteiger partial charge in [0, 0.05) is 11.0 Å². The Balaban J connectivity index is 1.54. The second kappa shape index (κ2) is 17.1. The summed E-state index contributed by atoms with van der Waals surface area (Å²) in [5.41, 5.74) is 0.337. The number of alkyl carbamates (subject to hydrolysis) is 1. The third-order valence-corrected chi connectivity index (χ3v) is 13.6. The fourth-order valence-corrected chi connectivity index (χ4v) is 10.3. The Morgan fingerprint density at radius 1 is 0.824 bits per heavy atom. The molecule has 0 fully saturated rings. The molecule has 0 unspecified atom stereocenters. The fraction of sp³-hybridized carbons (Fsp3) is 0.286. The molecule has 1 N–H and O–H groups in total. The highest BCUT2D eigenvalue weighted by atomic mass is 31.2. The molecule has 9 heteroatoms. The molecule has 0 radical (unpaired) electrons. The van der Waals surface area contributed by atoms with Crippen molar-refractivity contribution in [3.8, 4) is 17.5 Å². The Morgan fingerprint density at radius 2 is 1.33 bits per heavy atom. The van der Waals surface area contributed by atoms with Gasteiger partial charge in [-0.3, -0.25) is 4.79 Å². The van der Waals surface area contributed by atoms with Crippen LogP contribution in [0.4, 0.5) is 4.79 Å². The predicted molar refractivity (Wildman–Crippen MR) is 205 cm³/mol. The quantitative estimate of drug-likeness (QED) is 0.112. The third-order valence-electron chi connectivity index (χ3n) is 9.44. The smallest absolute Gasteiger partial charge is 0.408 e. The van der Waals surface area contributed by atoms with Gasteiger partial charge in [-0.05, 0) is 47.8 Å². The number of carbonyl (C=O) groups is 2. The van der Waals surface area contributed by atoms with Gasteiger partial charge in [0.2, 0.25) is 11.8 Å². The fourth-order valence-electron chi connectivity index (χ4n) is 6.13. The molecule has 262 valence electrons. The van der Waals surface area contributed by atoms with Gasteiger partial charge >= 0.3 is 6.09 Å². The van der Waals surface area contributed by atoms with Gasteiger partial charge in [0.15, 0.2) is 5.78 Å². The monoisotopic (exact) mass is 700 g/mol. The summed E-state index contributed by atoms with van der Waals surface area (Å²) in [5, 5.41) is 25.1. The van der Waals surface area contributed by atoms with Crippen LogP contribution in [-0.2, 0) is 16.0 Å². The zero-order chi connectivity index (χ0) is 36.3. The summed E-state index contributed by atoms with van der Waals surface area (Å²) in [4.78, 5) is 28.8. The lowest BCUT2D eigenvalue weighted by Crippen LogP contribution is -2.48. The largest absolute Gasteiger partial charge is 0.445 e. The number of rotatable bonds is 15. The van der Waals surface area contributed by atoms with Crippen LogP contribution in [0.15, 0.2) is 126 Å². The molecule has 0 saturated heterocycles. The van der Waals surface area contributed by atoms with Crippen molar-refractivity contribution in [3.63, 3.8) is 0 Å². The highest BCUT2D eigenvalue weighted by Gasteiger charge is 2.38. The Morgan fingerprint density at radius 3 is 1.80 bits per heavy atom. The van der Waals surface area contributed by atoms with E-state index >= 15 is 0 Å². The summed E-state index contributed by atoms with van der Waals surface area (Å²) in [5.74, 6) is 0.313. The maximum atomic E-state index is 14.9. The number of carbonyl (C=O) groups excluding carboxylic acids is 2.